The monoisotopic (exact) mass is 318 g/mol. The Morgan fingerprint density at radius 1 is 1.50 bits per heavy atom. The van der Waals surface area contributed by atoms with Gasteiger partial charge < -0.3 is 15.3 Å². The van der Waals surface area contributed by atoms with E-state index in [4.69, 9.17) is 16.7 Å². The first-order valence-electron chi connectivity index (χ1n) is 6.42. The van der Waals surface area contributed by atoms with Gasteiger partial charge in [-0.3, -0.25) is 0 Å². The highest BCUT2D eigenvalue weighted by Gasteiger charge is 2.21. The number of aliphatic carboxylic acids is 1. The fourth-order valence-electron chi connectivity index (χ4n) is 1.67. The molecule has 0 fully saturated rings. The second kappa shape index (κ2) is 8.11. The Balaban J connectivity index is 2.52. The highest BCUT2D eigenvalue weighted by molar-refractivity contribution is 7.16. The van der Waals surface area contributed by atoms with Crippen molar-refractivity contribution in [1.29, 1.82) is 0 Å². The molecule has 1 heterocycles. The number of nitrogens with zero attached hydrogens (tertiary/aromatic N) is 1. The van der Waals surface area contributed by atoms with Crippen LogP contribution in [0, 0.1) is 0 Å². The van der Waals surface area contributed by atoms with Crippen molar-refractivity contribution in [2.24, 2.45) is 0 Å². The third-order valence-corrected chi connectivity index (χ3v) is 4.03. The van der Waals surface area contributed by atoms with Crippen molar-refractivity contribution in [2.45, 2.75) is 38.8 Å². The maximum Gasteiger partial charge on any atom is 0.326 e. The number of hydrogen-bond donors (Lipinski definition) is 2. The number of unbranched alkanes of at least 4 members (excludes halogenated alkanes) is 1. The van der Waals surface area contributed by atoms with Crippen LogP contribution >= 0.6 is 22.9 Å². The number of rotatable bonds is 7. The lowest BCUT2D eigenvalue weighted by Crippen LogP contribution is -2.46. The highest BCUT2D eigenvalue weighted by Crippen LogP contribution is 2.22. The molecule has 0 saturated carbocycles. The summed E-state index contributed by atoms with van der Waals surface area (Å²) in [7, 11) is 1.63. The number of carboxylic acid groups (broad SMARTS) is 1. The lowest BCUT2D eigenvalue weighted by atomic mass is 10.1. The summed E-state index contributed by atoms with van der Waals surface area (Å²) in [6, 6.07) is 2.40. The van der Waals surface area contributed by atoms with E-state index in [1.165, 1.54) is 16.2 Å². The second-order valence-corrected chi connectivity index (χ2v) is 6.34. The maximum absolute atomic E-state index is 12.0. The average Bonchev–Trinajstić information content (AvgIpc) is 2.79. The van der Waals surface area contributed by atoms with Gasteiger partial charge in [-0.25, -0.2) is 9.59 Å². The molecular formula is C13H19ClN2O3S. The minimum atomic E-state index is -1.00. The zero-order valence-corrected chi connectivity index (χ0v) is 13.1. The summed E-state index contributed by atoms with van der Waals surface area (Å²) in [5.41, 5.74) is 0. The van der Waals surface area contributed by atoms with E-state index in [0.29, 0.717) is 17.3 Å². The van der Waals surface area contributed by atoms with Gasteiger partial charge in [-0.15, -0.1) is 11.3 Å². The van der Waals surface area contributed by atoms with Crippen molar-refractivity contribution in [1.82, 2.24) is 10.2 Å². The molecule has 1 atom stereocenters. The Labute approximate surface area is 127 Å². The van der Waals surface area contributed by atoms with Gasteiger partial charge in [0.05, 0.1) is 10.9 Å². The van der Waals surface area contributed by atoms with Gasteiger partial charge in [-0.05, 0) is 18.6 Å². The molecular weight excluding hydrogens is 300 g/mol. The molecule has 0 aliphatic carbocycles. The molecule has 0 aliphatic heterocycles. The SMILES string of the molecule is CCCCC(NC(=O)N(C)Cc1ccc(Cl)s1)C(=O)O. The van der Waals surface area contributed by atoms with Gasteiger partial charge in [0.15, 0.2) is 0 Å². The molecule has 1 aromatic rings. The Bertz CT molecular complexity index is 464. The van der Waals surface area contributed by atoms with Gasteiger partial charge in [-0.2, -0.15) is 0 Å². The van der Waals surface area contributed by atoms with E-state index in [1.807, 2.05) is 13.0 Å². The minimum absolute atomic E-state index is 0.391. The summed E-state index contributed by atoms with van der Waals surface area (Å²) in [5, 5.41) is 11.6. The smallest absolute Gasteiger partial charge is 0.326 e. The number of nitrogens with one attached hydrogen (secondary N) is 1. The van der Waals surface area contributed by atoms with Crippen LogP contribution in [0.25, 0.3) is 0 Å². The third-order valence-electron chi connectivity index (χ3n) is 2.81. The van der Waals surface area contributed by atoms with Crippen LogP contribution in [0.5, 0.6) is 0 Å². The largest absolute Gasteiger partial charge is 0.480 e. The summed E-state index contributed by atoms with van der Waals surface area (Å²) in [6.45, 7) is 2.39. The maximum atomic E-state index is 12.0. The van der Waals surface area contributed by atoms with Crippen molar-refractivity contribution >= 4 is 34.9 Å². The zero-order chi connectivity index (χ0) is 15.1. The summed E-state index contributed by atoms with van der Waals surface area (Å²) in [6.07, 6.45) is 2.10. The summed E-state index contributed by atoms with van der Waals surface area (Å²) in [4.78, 5) is 25.4. The van der Waals surface area contributed by atoms with Crippen LogP contribution in [0.1, 0.15) is 31.1 Å². The number of carbonyl (C=O) groups excluding carboxylic acids is 1. The highest BCUT2D eigenvalue weighted by atomic mass is 35.5. The number of thiophene rings is 1. The Hall–Kier alpha value is -1.27. The van der Waals surface area contributed by atoms with E-state index < -0.39 is 18.0 Å². The molecule has 0 spiro atoms. The molecule has 0 saturated heterocycles. The number of hydrogen-bond acceptors (Lipinski definition) is 3. The number of carbonyl (C=O) groups is 2. The van der Waals surface area contributed by atoms with Crippen LogP contribution in [0.4, 0.5) is 4.79 Å². The van der Waals surface area contributed by atoms with Gasteiger partial charge in [0.25, 0.3) is 0 Å². The molecule has 112 valence electrons. The fraction of sp³-hybridized carbons (Fsp3) is 0.538. The quantitative estimate of drug-likeness (QED) is 0.811. The van der Waals surface area contributed by atoms with Crippen LogP contribution in [0.15, 0.2) is 12.1 Å². The Kier molecular flexibility index (Phi) is 6.81. The Morgan fingerprint density at radius 2 is 2.20 bits per heavy atom. The predicted molar refractivity (Wildman–Crippen MR) is 80.3 cm³/mol. The first-order chi connectivity index (χ1) is 9.43. The molecule has 5 nitrogen and oxygen atoms in total. The number of urea groups is 1. The lowest BCUT2D eigenvalue weighted by Gasteiger charge is -2.20. The average molecular weight is 319 g/mol. The molecule has 1 rings (SSSR count). The summed E-state index contributed by atoms with van der Waals surface area (Å²) in [5.74, 6) is -1.00. The van der Waals surface area contributed by atoms with E-state index in [0.717, 1.165) is 17.7 Å². The molecule has 1 aromatic heterocycles. The predicted octanol–water partition coefficient (Wildman–Crippen LogP) is 3.19. The number of halogens is 1. The molecule has 1 unspecified atom stereocenters. The van der Waals surface area contributed by atoms with Gasteiger partial charge in [0, 0.05) is 11.9 Å². The van der Waals surface area contributed by atoms with Crippen LogP contribution in [-0.4, -0.2) is 35.1 Å². The Morgan fingerprint density at radius 3 is 2.70 bits per heavy atom. The molecule has 0 bridgehead atoms. The third kappa shape index (κ3) is 5.38. The molecule has 7 heteroatoms. The van der Waals surface area contributed by atoms with Crippen molar-refractivity contribution in [3.05, 3.63) is 21.3 Å². The molecule has 0 radical (unpaired) electrons. The van der Waals surface area contributed by atoms with Crippen LogP contribution in [0.3, 0.4) is 0 Å². The molecule has 2 N–H and O–H groups in total. The van der Waals surface area contributed by atoms with Gasteiger partial charge in [-0.1, -0.05) is 31.4 Å². The normalized spacial score (nSPS) is 11.9. The van der Waals surface area contributed by atoms with Crippen LogP contribution in [0.2, 0.25) is 4.34 Å². The van der Waals surface area contributed by atoms with E-state index in [-0.39, 0.29) is 0 Å². The topological polar surface area (TPSA) is 69.6 Å². The van der Waals surface area contributed by atoms with Crippen molar-refractivity contribution in [3.63, 3.8) is 0 Å². The van der Waals surface area contributed by atoms with E-state index in [2.05, 4.69) is 5.32 Å². The van der Waals surface area contributed by atoms with Crippen molar-refractivity contribution < 1.29 is 14.7 Å². The van der Waals surface area contributed by atoms with Gasteiger partial charge >= 0.3 is 12.0 Å². The minimum Gasteiger partial charge on any atom is -0.480 e. The fourth-order valence-corrected chi connectivity index (χ4v) is 2.81. The molecule has 0 aromatic carbocycles. The van der Waals surface area contributed by atoms with Crippen molar-refractivity contribution in [2.75, 3.05) is 7.05 Å². The second-order valence-electron chi connectivity index (χ2n) is 4.54. The summed E-state index contributed by atoms with van der Waals surface area (Å²) < 4.78 is 0.667. The standard InChI is InChI=1S/C13H19ClN2O3S/c1-3-4-5-10(12(17)18)15-13(19)16(2)8-9-6-7-11(14)20-9/h6-7,10H,3-5,8H2,1-2H3,(H,15,19)(H,17,18). The van der Waals surface area contributed by atoms with E-state index >= 15 is 0 Å². The van der Waals surface area contributed by atoms with E-state index in [1.54, 1.807) is 13.1 Å². The van der Waals surface area contributed by atoms with Crippen molar-refractivity contribution in [3.8, 4) is 0 Å². The number of carboxylic acids is 1. The summed E-state index contributed by atoms with van der Waals surface area (Å²) >= 11 is 7.23. The number of amides is 2. The first kappa shape index (κ1) is 16.8. The lowest BCUT2D eigenvalue weighted by molar-refractivity contribution is -0.139. The van der Waals surface area contributed by atoms with Gasteiger partial charge in [0.1, 0.15) is 6.04 Å². The molecule has 0 aliphatic rings. The zero-order valence-electron chi connectivity index (χ0n) is 11.6. The molecule has 2 amide bonds. The van der Waals surface area contributed by atoms with Gasteiger partial charge in [0.2, 0.25) is 0 Å². The molecule has 20 heavy (non-hydrogen) atoms. The van der Waals surface area contributed by atoms with Crippen LogP contribution < -0.4 is 5.32 Å². The van der Waals surface area contributed by atoms with Crippen LogP contribution in [-0.2, 0) is 11.3 Å². The first-order valence-corrected chi connectivity index (χ1v) is 7.62. The van der Waals surface area contributed by atoms with E-state index in [9.17, 15) is 9.59 Å².